The summed E-state index contributed by atoms with van der Waals surface area (Å²) in [4.78, 5) is 2.54. The quantitative estimate of drug-likeness (QED) is 0.687. The second kappa shape index (κ2) is 4.24. The van der Waals surface area contributed by atoms with Gasteiger partial charge in [-0.1, -0.05) is 13.8 Å². The van der Waals surface area contributed by atoms with Crippen molar-refractivity contribution in [2.24, 2.45) is 5.41 Å². The maximum atomic E-state index is 3.29. The van der Waals surface area contributed by atoms with Crippen LogP contribution in [0.25, 0.3) is 0 Å². The summed E-state index contributed by atoms with van der Waals surface area (Å²) < 4.78 is 0. The molecule has 1 fully saturated rings. The van der Waals surface area contributed by atoms with Gasteiger partial charge in [0.2, 0.25) is 0 Å². The van der Waals surface area contributed by atoms with Crippen molar-refractivity contribution >= 4 is 0 Å². The van der Waals surface area contributed by atoms with Crippen LogP contribution in [0, 0.1) is 5.41 Å². The Hall–Kier alpha value is -0.0800. The molecule has 1 saturated heterocycles. The number of hydrogen-bond donors (Lipinski definition) is 1. The van der Waals surface area contributed by atoms with Gasteiger partial charge in [0.05, 0.1) is 0 Å². The number of nitrogens with one attached hydrogen (secondary N) is 1. The smallest absolute Gasteiger partial charge is 0.000311 e. The van der Waals surface area contributed by atoms with Crippen molar-refractivity contribution in [1.29, 1.82) is 0 Å². The fraction of sp³-hybridized carbons (Fsp3) is 1.00. The Bertz CT molecular complexity index is 126. The van der Waals surface area contributed by atoms with E-state index in [2.05, 4.69) is 31.1 Å². The Morgan fingerprint density at radius 1 is 1.33 bits per heavy atom. The van der Waals surface area contributed by atoms with Gasteiger partial charge in [0, 0.05) is 6.54 Å². The topological polar surface area (TPSA) is 15.3 Å². The van der Waals surface area contributed by atoms with Crippen LogP contribution in [-0.2, 0) is 0 Å². The third kappa shape index (κ3) is 2.46. The lowest BCUT2D eigenvalue weighted by atomic mass is 9.80. The van der Waals surface area contributed by atoms with Crippen molar-refractivity contribution in [3.8, 4) is 0 Å². The van der Waals surface area contributed by atoms with Crippen LogP contribution in [0.5, 0.6) is 0 Å². The molecule has 1 aliphatic rings. The van der Waals surface area contributed by atoms with E-state index < -0.39 is 0 Å². The Balaban J connectivity index is 2.33. The van der Waals surface area contributed by atoms with E-state index in [1.165, 1.54) is 39.0 Å². The molecule has 0 unspecified atom stereocenters. The molecular formula is C10H22N2. The highest BCUT2D eigenvalue weighted by atomic mass is 15.1. The minimum atomic E-state index is 0.556. The number of rotatable bonds is 3. The number of piperidine rings is 1. The molecule has 2 heteroatoms. The lowest BCUT2D eigenvalue weighted by Crippen LogP contribution is -2.42. The maximum Gasteiger partial charge on any atom is 0.000311 e. The summed E-state index contributed by atoms with van der Waals surface area (Å²) in [5.74, 6) is 0. The molecule has 0 aromatic rings. The van der Waals surface area contributed by atoms with Crippen LogP contribution in [0.15, 0.2) is 0 Å². The summed E-state index contributed by atoms with van der Waals surface area (Å²) in [6.45, 7) is 9.61. The van der Waals surface area contributed by atoms with Gasteiger partial charge in [0.15, 0.2) is 0 Å². The highest BCUT2D eigenvalue weighted by Crippen LogP contribution is 2.29. The third-order valence-corrected chi connectivity index (χ3v) is 3.11. The van der Waals surface area contributed by atoms with E-state index in [9.17, 15) is 0 Å². The highest BCUT2D eigenvalue weighted by molar-refractivity contribution is 4.83. The number of nitrogens with zero attached hydrogens (tertiary/aromatic N) is 1. The first kappa shape index (κ1) is 10.0. The zero-order chi connectivity index (χ0) is 9.03. The number of likely N-dealkylation sites (tertiary alicyclic amines) is 1. The van der Waals surface area contributed by atoms with Gasteiger partial charge in [0.25, 0.3) is 0 Å². The summed E-state index contributed by atoms with van der Waals surface area (Å²) in [5.41, 5.74) is 0.556. The first-order valence-corrected chi connectivity index (χ1v) is 5.07. The fourth-order valence-electron chi connectivity index (χ4n) is 2.01. The van der Waals surface area contributed by atoms with Gasteiger partial charge in [-0.25, -0.2) is 0 Å². The van der Waals surface area contributed by atoms with Crippen LogP contribution in [0.3, 0.4) is 0 Å². The lowest BCUT2D eigenvalue weighted by molar-refractivity contribution is 0.123. The van der Waals surface area contributed by atoms with Crippen molar-refractivity contribution in [3.05, 3.63) is 0 Å². The summed E-state index contributed by atoms with van der Waals surface area (Å²) >= 11 is 0. The Labute approximate surface area is 76.3 Å². The molecule has 1 N–H and O–H groups in total. The molecule has 0 aromatic heterocycles. The largest absolute Gasteiger partial charge is 0.319 e. The molecule has 0 amide bonds. The zero-order valence-electron chi connectivity index (χ0n) is 8.69. The van der Waals surface area contributed by atoms with Gasteiger partial charge in [-0.3, -0.25) is 0 Å². The Morgan fingerprint density at radius 2 is 1.92 bits per heavy atom. The van der Waals surface area contributed by atoms with E-state index in [1.807, 2.05) is 0 Å². The standard InChI is InChI=1S/C10H22N2/c1-4-12-7-5-10(2,6-8-12)9-11-3/h11H,4-9H2,1-3H3. The predicted octanol–water partition coefficient (Wildman–Crippen LogP) is 1.33. The lowest BCUT2D eigenvalue weighted by Gasteiger charge is -2.38. The molecule has 2 nitrogen and oxygen atoms in total. The van der Waals surface area contributed by atoms with Crippen molar-refractivity contribution in [2.75, 3.05) is 33.2 Å². The molecule has 72 valence electrons. The molecule has 0 saturated carbocycles. The van der Waals surface area contributed by atoms with Crippen LogP contribution in [0.4, 0.5) is 0 Å². The van der Waals surface area contributed by atoms with Crippen LogP contribution in [0.2, 0.25) is 0 Å². The first-order valence-electron chi connectivity index (χ1n) is 5.07. The van der Waals surface area contributed by atoms with Gasteiger partial charge in [-0.2, -0.15) is 0 Å². The first-order chi connectivity index (χ1) is 5.70. The average Bonchev–Trinajstić information content (AvgIpc) is 2.06. The molecule has 0 aliphatic carbocycles. The molecule has 1 aliphatic heterocycles. The molecule has 0 radical (unpaired) electrons. The average molecular weight is 170 g/mol. The fourth-order valence-corrected chi connectivity index (χ4v) is 2.01. The highest BCUT2D eigenvalue weighted by Gasteiger charge is 2.28. The Kier molecular flexibility index (Phi) is 3.53. The monoisotopic (exact) mass is 170 g/mol. The van der Waals surface area contributed by atoms with Crippen LogP contribution >= 0.6 is 0 Å². The third-order valence-electron chi connectivity index (χ3n) is 3.11. The molecule has 1 rings (SSSR count). The van der Waals surface area contributed by atoms with Crippen molar-refractivity contribution in [1.82, 2.24) is 10.2 Å². The summed E-state index contributed by atoms with van der Waals surface area (Å²) in [7, 11) is 2.05. The molecule has 12 heavy (non-hydrogen) atoms. The minimum Gasteiger partial charge on any atom is -0.319 e. The predicted molar refractivity (Wildman–Crippen MR) is 53.4 cm³/mol. The van der Waals surface area contributed by atoms with Crippen LogP contribution in [0.1, 0.15) is 26.7 Å². The van der Waals surface area contributed by atoms with Gasteiger partial charge < -0.3 is 10.2 Å². The van der Waals surface area contributed by atoms with E-state index in [-0.39, 0.29) is 0 Å². The number of hydrogen-bond acceptors (Lipinski definition) is 2. The SMILES string of the molecule is CCN1CCC(C)(CNC)CC1. The molecule has 1 heterocycles. The molecule has 0 atom stereocenters. The summed E-state index contributed by atoms with van der Waals surface area (Å²) in [5, 5.41) is 3.29. The van der Waals surface area contributed by atoms with Gasteiger partial charge >= 0.3 is 0 Å². The van der Waals surface area contributed by atoms with Crippen LogP contribution < -0.4 is 5.32 Å². The molecule has 0 aromatic carbocycles. The summed E-state index contributed by atoms with van der Waals surface area (Å²) in [6.07, 6.45) is 2.70. The normalized spacial score (nSPS) is 24.2. The van der Waals surface area contributed by atoms with E-state index in [4.69, 9.17) is 0 Å². The summed E-state index contributed by atoms with van der Waals surface area (Å²) in [6, 6.07) is 0. The van der Waals surface area contributed by atoms with E-state index >= 15 is 0 Å². The van der Waals surface area contributed by atoms with E-state index in [1.54, 1.807) is 0 Å². The van der Waals surface area contributed by atoms with E-state index in [0.29, 0.717) is 5.41 Å². The van der Waals surface area contributed by atoms with Crippen molar-refractivity contribution in [3.63, 3.8) is 0 Å². The van der Waals surface area contributed by atoms with E-state index in [0.717, 1.165) is 0 Å². The zero-order valence-corrected chi connectivity index (χ0v) is 8.69. The van der Waals surface area contributed by atoms with Crippen molar-refractivity contribution < 1.29 is 0 Å². The van der Waals surface area contributed by atoms with Gasteiger partial charge in [-0.05, 0) is 44.9 Å². The maximum absolute atomic E-state index is 3.29. The van der Waals surface area contributed by atoms with Crippen molar-refractivity contribution in [2.45, 2.75) is 26.7 Å². The Morgan fingerprint density at radius 3 is 2.33 bits per heavy atom. The molecule has 0 spiro atoms. The van der Waals surface area contributed by atoms with Gasteiger partial charge in [-0.15, -0.1) is 0 Å². The molecular weight excluding hydrogens is 148 g/mol. The second-order valence-corrected chi connectivity index (χ2v) is 4.28. The van der Waals surface area contributed by atoms with Gasteiger partial charge in [0.1, 0.15) is 0 Å². The van der Waals surface area contributed by atoms with Crippen LogP contribution in [-0.4, -0.2) is 38.1 Å². The molecule has 0 bridgehead atoms. The minimum absolute atomic E-state index is 0.556. The second-order valence-electron chi connectivity index (χ2n) is 4.28.